The number of ether oxygens (including phenoxy) is 1. The van der Waals surface area contributed by atoms with E-state index in [2.05, 4.69) is 9.88 Å². The molecule has 0 aliphatic carbocycles. The summed E-state index contributed by atoms with van der Waals surface area (Å²) >= 11 is 0. The third-order valence-corrected chi connectivity index (χ3v) is 3.82. The molecule has 0 spiro atoms. The van der Waals surface area contributed by atoms with Gasteiger partial charge in [-0.15, -0.1) is 0 Å². The third kappa shape index (κ3) is 4.09. The molecule has 0 unspecified atom stereocenters. The van der Waals surface area contributed by atoms with Gasteiger partial charge >= 0.3 is 6.18 Å². The van der Waals surface area contributed by atoms with E-state index in [1.54, 1.807) is 0 Å². The van der Waals surface area contributed by atoms with Gasteiger partial charge in [-0.05, 0) is 23.3 Å². The smallest absolute Gasteiger partial charge is 0.379 e. The number of aromatic nitrogens is 1. The van der Waals surface area contributed by atoms with Crippen molar-refractivity contribution in [3.05, 3.63) is 53.9 Å². The van der Waals surface area contributed by atoms with Crippen molar-refractivity contribution in [2.24, 2.45) is 0 Å². The molecule has 122 valence electrons. The van der Waals surface area contributed by atoms with Crippen molar-refractivity contribution in [1.82, 2.24) is 9.88 Å². The Morgan fingerprint density at radius 3 is 2.48 bits per heavy atom. The van der Waals surface area contributed by atoms with E-state index in [-0.39, 0.29) is 0 Å². The summed E-state index contributed by atoms with van der Waals surface area (Å²) in [5.41, 5.74) is 1.81. The van der Waals surface area contributed by atoms with E-state index in [1.165, 1.54) is 12.3 Å². The maximum Gasteiger partial charge on any atom is 0.433 e. The van der Waals surface area contributed by atoms with Gasteiger partial charge in [0.2, 0.25) is 0 Å². The van der Waals surface area contributed by atoms with Crippen molar-refractivity contribution in [3.8, 4) is 11.1 Å². The monoisotopic (exact) mass is 322 g/mol. The molecule has 1 aromatic carbocycles. The number of rotatable bonds is 3. The normalized spacial score (nSPS) is 16.5. The lowest BCUT2D eigenvalue weighted by atomic mass is 10.0. The zero-order valence-electron chi connectivity index (χ0n) is 12.5. The maximum absolute atomic E-state index is 12.6. The van der Waals surface area contributed by atoms with Gasteiger partial charge < -0.3 is 4.74 Å². The SMILES string of the molecule is FC(F)(F)c1ccc(-c2cccc(CN3CCOCC3)c2)cn1. The van der Waals surface area contributed by atoms with Gasteiger partial charge in [0, 0.05) is 31.4 Å². The minimum absolute atomic E-state index is 0.682. The van der Waals surface area contributed by atoms with E-state index in [1.807, 2.05) is 24.3 Å². The Labute approximate surface area is 132 Å². The number of pyridine rings is 1. The zero-order chi connectivity index (χ0) is 16.3. The minimum Gasteiger partial charge on any atom is -0.379 e. The number of alkyl halides is 3. The molecule has 6 heteroatoms. The van der Waals surface area contributed by atoms with Crippen molar-refractivity contribution in [2.45, 2.75) is 12.7 Å². The Hall–Kier alpha value is -1.92. The van der Waals surface area contributed by atoms with E-state index in [0.717, 1.165) is 50.0 Å². The predicted octanol–water partition coefficient (Wildman–Crippen LogP) is 3.60. The molecule has 1 fully saturated rings. The summed E-state index contributed by atoms with van der Waals surface area (Å²) in [6.45, 7) is 4.08. The molecule has 0 radical (unpaired) electrons. The van der Waals surface area contributed by atoms with Crippen molar-refractivity contribution >= 4 is 0 Å². The van der Waals surface area contributed by atoms with Crippen molar-refractivity contribution in [3.63, 3.8) is 0 Å². The fraction of sp³-hybridized carbons (Fsp3) is 0.353. The molecule has 1 saturated heterocycles. The molecular formula is C17H17F3N2O. The van der Waals surface area contributed by atoms with E-state index in [0.29, 0.717) is 5.56 Å². The summed E-state index contributed by atoms with van der Waals surface area (Å²) in [5.74, 6) is 0. The van der Waals surface area contributed by atoms with Crippen LogP contribution in [0.3, 0.4) is 0 Å². The number of halogens is 3. The van der Waals surface area contributed by atoms with E-state index in [4.69, 9.17) is 4.74 Å². The van der Waals surface area contributed by atoms with Crippen LogP contribution in [-0.4, -0.2) is 36.2 Å². The van der Waals surface area contributed by atoms with Crippen LogP contribution in [0.4, 0.5) is 13.2 Å². The maximum atomic E-state index is 12.6. The molecular weight excluding hydrogens is 305 g/mol. The van der Waals surface area contributed by atoms with Crippen LogP contribution in [0.1, 0.15) is 11.3 Å². The van der Waals surface area contributed by atoms with Crippen LogP contribution in [-0.2, 0) is 17.5 Å². The third-order valence-electron chi connectivity index (χ3n) is 3.82. The first-order valence-corrected chi connectivity index (χ1v) is 7.45. The minimum atomic E-state index is -4.41. The van der Waals surface area contributed by atoms with Crippen LogP contribution in [0.5, 0.6) is 0 Å². The topological polar surface area (TPSA) is 25.4 Å². The van der Waals surface area contributed by atoms with Crippen LogP contribution in [0.15, 0.2) is 42.6 Å². The molecule has 3 nitrogen and oxygen atoms in total. The summed E-state index contributed by atoms with van der Waals surface area (Å²) in [5, 5.41) is 0. The van der Waals surface area contributed by atoms with E-state index in [9.17, 15) is 13.2 Å². The summed E-state index contributed by atoms with van der Waals surface area (Å²) < 4.78 is 43.0. The fourth-order valence-corrected chi connectivity index (χ4v) is 2.60. The Kier molecular flexibility index (Phi) is 4.63. The Morgan fingerprint density at radius 1 is 1.04 bits per heavy atom. The second kappa shape index (κ2) is 6.68. The van der Waals surface area contributed by atoms with Crippen molar-refractivity contribution in [1.29, 1.82) is 0 Å². The highest BCUT2D eigenvalue weighted by atomic mass is 19.4. The Balaban J connectivity index is 1.76. The van der Waals surface area contributed by atoms with Crippen LogP contribution >= 0.6 is 0 Å². The van der Waals surface area contributed by atoms with Gasteiger partial charge in [0.15, 0.2) is 0 Å². The van der Waals surface area contributed by atoms with Gasteiger partial charge in [-0.3, -0.25) is 9.88 Å². The summed E-state index contributed by atoms with van der Waals surface area (Å²) in [6.07, 6.45) is -3.13. The number of benzene rings is 1. The average molecular weight is 322 g/mol. The lowest BCUT2D eigenvalue weighted by molar-refractivity contribution is -0.141. The molecule has 0 atom stereocenters. The summed E-state index contributed by atoms with van der Waals surface area (Å²) in [4.78, 5) is 5.82. The lowest BCUT2D eigenvalue weighted by Crippen LogP contribution is -2.35. The predicted molar refractivity (Wildman–Crippen MR) is 80.8 cm³/mol. The largest absolute Gasteiger partial charge is 0.433 e. The molecule has 0 saturated carbocycles. The standard InChI is InChI=1S/C17H17F3N2O/c18-17(19,20)16-5-4-15(11-21-16)14-3-1-2-13(10-14)12-22-6-8-23-9-7-22/h1-5,10-11H,6-9,12H2. The number of morpholine rings is 1. The summed E-state index contributed by atoms with van der Waals surface area (Å²) in [6, 6.07) is 10.3. The number of hydrogen-bond acceptors (Lipinski definition) is 3. The fourth-order valence-electron chi connectivity index (χ4n) is 2.60. The van der Waals surface area contributed by atoms with E-state index >= 15 is 0 Å². The highest BCUT2D eigenvalue weighted by molar-refractivity contribution is 5.63. The quantitative estimate of drug-likeness (QED) is 0.863. The molecule has 2 heterocycles. The zero-order valence-corrected chi connectivity index (χ0v) is 12.5. The average Bonchev–Trinajstić information content (AvgIpc) is 2.55. The van der Waals surface area contributed by atoms with Gasteiger partial charge in [0.25, 0.3) is 0 Å². The molecule has 0 N–H and O–H groups in total. The van der Waals surface area contributed by atoms with Crippen LogP contribution in [0.2, 0.25) is 0 Å². The van der Waals surface area contributed by atoms with Gasteiger partial charge in [-0.25, -0.2) is 0 Å². The van der Waals surface area contributed by atoms with Gasteiger partial charge in [-0.2, -0.15) is 13.2 Å². The first-order chi connectivity index (χ1) is 11.0. The number of hydrogen-bond donors (Lipinski definition) is 0. The molecule has 1 aromatic heterocycles. The first kappa shape index (κ1) is 16.0. The highest BCUT2D eigenvalue weighted by Gasteiger charge is 2.32. The molecule has 0 amide bonds. The molecule has 1 aliphatic rings. The van der Waals surface area contributed by atoms with Gasteiger partial charge in [0.05, 0.1) is 13.2 Å². The number of nitrogens with zero attached hydrogens (tertiary/aromatic N) is 2. The Morgan fingerprint density at radius 2 is 1.83 bits per heavy atom. The van der Waals surface area contributed by atoms with Crippen LogP contribution < -0.4 is 0 Å². The Bertz CT molecular complexity index is 650. The van der Waals surface area contributed by atoms with Gasteiger partial charge in [-0.1, -0.05) is 24.3 Å². The lowest BCUT2D eigenvalue weighted by Gasteiger charge is -2.26. The second-order valence-corrected chi connectivity index (χ2v) is 5.52. The van der Waals surface area contributed by atoms with Crippen molar-refractivity contribution < 1.29 is 17.9 Å². The molecule has 2 aromatic rings. The molecule has 0 bridgehead atoms. The molecule has 1 aliphatic heterocycles. The van der Waals surface area contributed by atoms with Gasteiger partial charge in [0.1, 0.15) is 5.69 Å². The van der Waals surface area contributed by atoms with E-state index < -0.39 is 11.9 Å². The van der Waals surface area contributed by atoms with Crippen LogP contribution in [0, 0.1) is 0 Å². The van der Waals surface area contributed by atoms with Crippen molar-refractivity contribution in [2.75, 3.05) is 26.3 Å². The first-order valence-electron chi connectivity index (χ1n) is 7.45. The highest BCUT2D eigenvalue weighted by Crippen LogP contribution is 2.29. The van der Waals surface area contributed by atoms with Crippen LogP contribution in [0.25, 0.3) is 11.1 Å². The summed E-state index contributed by atoms with van der Waals surface area (Å²) in [7, 11) is 0. The molecule has 23 heavy (non-hydrogen) atoms. The molecule has 3 rings (SSSR count). The second-order valence-electron chi connectivity index (χ2n) is 5.52.